The van der Waals surface area contributed by atoms with Crippen molar-refractivity contribution in [2.45, 2.75) is 0 Å². The Labute approximate surface area is 95.4 Å². The van der Waals surface area contributed by atoms with E-state index in [-0.39, 0.29) is 0 Å². The van der Waals surface area contributed by atoms with Crippen LogP contribution < -0.4 is 4.31 Å². The highest BCUT2D eigenvalue weighted by Crippen LogP contribution is 2.22. The van der Waals surface area contributed by atoms with Gasteiger partial charge >= 0.3 is 0 Å². The van der Waals surface area contributed by atoms with Crippen molar-refractivity contribution in [3.63, 3.8) is 0 Å². The van der Waals surface area contributed by atoms with Crippen LogP contribution in [0.25, 0.3) is 10.8 Å². The number of sulfonamides is 1. The van der Waals surface area contributed by atoms with Gasteiger partial charge in [-0.1, -0.05) is 30.3 Å². The highest BCUT2D eigenvalue weighted by molar-refractivity contribution is 7.92. The zero-order chi connectivity index (χ0) is 11.8. The highest BCUT2D eigenvalue weighted by atomic mass is 32.2. The Balaban J connectivity index is 2.55. The van der Waals surface area contributed by atoms with E-state index in [0.29, 0.717) is 5.69 Å². The molecule has 16 heavy (non-hydrogen) atoms. The molecule has 2 rings (SSSR count). The average Bonchev–Trinajstić information content (AvgIpc) is 2.26. The molecule has 84 valence electrons. The van der Waals surface area contributed by atoms with Gasteiger partial charge in [-0.25, -0.2) is 8.42 Å². The van der Waals surface area contributed by atoms with E-state index in [1.54, 1.807) is 7.05 Å². The Bertz CT molecular complexity index is 620. The van der Waals surface area contributed by atoms with Crippen molar-refractivity contribution in [2.75, 3.05) is 17.6 Å². The first kappa shape index (κ1) is 11.0. The molecule has 0 heterocycles. The quantitative estimate of drug-likeness (QED) is 0.800. The van der Waals surface area contributed by atoms with Crippen LogP contribution in [0.15, 0.2) is 42.5 Å². The van der Waals surface area contributed by atoms with Crippen LogP contribution in [0, 0.1) is 0 Å². The molecule has 0 aromatic heterocycles. The third-order valence-corrected chi connectivity index (χ3v) is 3.80. The molecule has 0 aliphatic carbocycles. The summed E-state index contributed by atoms with van der Waals surface area (Å²) in [6.45, 7) is 0. The lowest BCUT2D eigenvalue weighted by Crippen LogP contribution is -2.24. The molecule has 0 atom stereocenters. The van der Waals surface area contributed by atoms with Crippen LogP contribution in [0.4, 0.5) is 5.69 Å². The smallest absolute Gasteiger partial charge is 0.231 e. The standard InChI is InChI=1S/C12H13NO2S/c1-13(16(2,14)15)12-8-7-10-5-3-4-6-11(10)9-12/h3-9H,1-2H3. The van der Waals surface area contributed by atoms with Crippen LogP contribution in [0.5, 0.6) is 0 Å². The topological polar surface area (TPSA) is 37.4 Å². The van der Waals surface area contributed by atoms with E-state index in [1.165, 1.54) is 10.6 Å². The lowest BCUT2D eigenvalue weighted by molar-refractivity contribution is 0.600. The van der Waals surface area contributed by atoms with E-state index < -0.39 is 10.0 Å². The predicted octanol–water partition coefficient (Wildman–Crippen LogP) is 2.24. The van der Waals surface area contributed by atoms with Gasteiger partial charge in [-0.05, 0) is 22.9 Å². The molecule has 0 aliphatic heterocycles. The van der Waals surface area contributed by atoms with Gasteiger partial charge in [-0.15, -0.1) is 0 Å². The number of nitrogens with zero attached hydrogens (tertiary/aromatic N) is 1. The second kappa shape index (κ2) is 3.79. The average molecular weight is 235 g/mol. The van der Waals surface area contributed by atoms with E-state index in [1.807, 2.05) is 42.5 Å². The number of rotatable bonds is 2. The van der Waals surface area contributed by atoms with Gasteiger partial charge in [0.1, 0.15) is 0 Å². The van der Waals surface area contributed by atoms with Crippen molar-refractivity contribution in [2.24, 2.45) is 0 Å². The zero-order valence-electron chi connectivity index (χ0n) is 9.21. The molecule has 0 bridgehead atoms. The van der Waals surface area contributed by atoms with Crippen molar-refractivity contribution in [3.05, 3.63) is 42.5 Å². The molecule has 2 aromatic rings. The molecule has 0 radical (unpaired) electrons. The Kier molecular flexibility index (Phi) is 2.59. The summed E-state index contributed by atoms with van der Waals surface area (Å²) in [5, 5.41) is 2.14. The van der Waals surface area contributed by atoms with Gasteiger partial charge in [0.25, 0.3) is 0 Å². The second-order valence-corrected chi connectivity index (χ2v) is 5.78. The van der Waals surface area contributed by atoms with Crippen LogP contribution in [0.1, 0.15) is 0 Å². The Morgan fingerprint density at radius 1 is 1.00 bits per heavy atom. The first-order valence-corrected chi connectivity index (χ1v) is 6.76. The normalized spacial score (nSPS) is 11.6. The fourth-order valence-corrected chi connectivity index (χ4v) is 2.06. The maximum absolute atomic E-state index is 11.4. The maximum atomic E-state index is 11.4. The van der Waals surface area contributed by atoms with Crippen molar-refractivity contribution in [1.82, 2.24) is 0 Å². The van der Waals surface area contributed by atoms with E-state index in [9.17, 15) is 8.42 Å². The minimum absolute atomic E-state index is 0.682. The molecule has 0 unspecified atom stereocenters. The molecule has 0 amide bonds. The summed E-state index contributed by atoms with van der Waals surface area (Å²) in [5.41, 5.74) is 0.682. The Hall–Kier alpha value is -1.55. The number of hydrogen-bond acceptors (Lipinski definition) is 2. The summed E-state index contributed by atoms with van der Waals surface area (Å²) in [4.78, 5) is 0. The third-order valence-electron chi connectivity index (χ3n) is 2.59. The number of fused-ring (bicyclic) bond motifs is 1. The van der Waals surface area contributed by atoms with Crippen LogP contribution >= 0.6 is 0 Å². The molecule has 0 saturated heterocycles. The molecular weight excluding hydrogens is 222 g/mol. The molecule has 0 spiro atoms. The predicted molar refractivity (Wildman–Crippen MR) is 67.2 cm³/mol. The molecule has 0 N–H and O–H groups in total. The molecule has 0 saturated carbocycles. The molecule has 4 heteroatoms. The van der Waals surface area contributed by atoms with Gasteiger partial charge in [0, 0.05) is 7.05 Å². The van der Waals surface area contributed by atoms with Crippen molar-refractivity contribution in [3.8, 4) is 0 Å². The number of benzene rings is 2. The number of hydrogen-bond donors (Lipinski definition) is 0. The van der Waals surface area contributed by atoms with Gasteiger partial charge < -0.3 is 0 Å². The molecule has 0 aliphatic rings. The van der Waals surface area contributed by atoms with Gasteiger partial charge in [0.2, 0.25) is 10.0 Å². The Morgan fingerprint density at radius 2 is 1.62 bits per heavy atom. The minimum Gasteiger partial charge on any atom is -0.274 e. The Morgan fingerprint density at radius 3 is 2.25 bits per heavy atom. The second-order valence-electron chi connectivity index (χ2n) is 3.76. The summed E-state index contributed by atoms with van der Waals surface area (Å²) >= 11 is 0. The number of anilines is 1. The summed E-state index contributed by atoms with van der Waals surface area (Å²) in [7, 11) is -1.64. The first-order valence-electron chi connectivity index (χ1n) is 4.91. The van der Waals surface area contributed by atoms with E-state index in [2.05, 4.69) is 0 Å². The van der Waals surface area contributed by atoms with E-state index in [4.69, 9.17) is 0 Å². The van der Waals surface area contributed by atoms with Crippen LogP contribution in [-0.2, 0) is 10.0 Å². The van der Waals surface area contributed by atoms with Gasteiger partial charge in [-0.3, -0.25) is 4.31 Å². The lowest BCUT2D eigenvalue weighted by atomic mass is 10.1. The van der Waals surface area contributed by atoms with Crippen molar-refractivity contribution < 1.29 is 8.42 Å². The van der Waals surface area contributed by atoms with E-state index in [0.717, 1.165) is 10.8 Å². The van der Waals surface area contributed by atoms with Crippen LogP contribution in [0.3, 0.4) is 0 Å². The zero-order valence-corrected chi connectivity index (χ0v) is 10.0. The third kappa shape index (κ3) is 2.02. The largest absolute Gasteiger partial charge is 0.274 e. The summed E-state index contributed by atoms with van der Waals surface area (Å²) in [5.74, 6) is 0. The van der Waals surface area contributed by atoms with Crippen LogP contribution in [-0.4, -0.2) is 21.7 Å². The maximum Gasteiger partial charge on any atom is 0.231 e. The van der Waals surface area contributed by atoms with Gasteiger partial charge in [-0.2, -0.15) is 0 Å². The monoisotopic (exact) mass is 235 g/mol. The minimum atomic E-state index is -3.19. The summed E-state index contributed by atoms with van der Waals surface area (Å²) in [6, 6.07) is 13.5. The van der Waals surface area contributed by atoms with Gasteiger partial charge in [0.05, 0.1) is 11.9 Å². The SMILES string of the molecule is CN(c1ccc2ccccc2c1)S(C)(=O)=O. The van der Waals surface area contributed by atoms with Crippen molar-refractivity contribution in [1.29, 1.82) is 0 Å². The van der Waals surface area contributed by atoms with Gasteiger partial charge in [0.15, 0.2) is 0 Å². The van der Waals surface area contributed by atoms with Crippen LogP contribution in [0.2, 0.25) is 0 Å². The molecular formula is C12H13NO2S. The van der Waals surface area contributed by atoms with E-state index >= 15 is 0 Å². The molecule has 3 nitrogen and oxygen atoms in total. The highest BCUT2D eigenvalue weighted by Gasteiger charge is 2.11. The fraction of sp³-hybridized carbons (Fsp3) is 0.167. The first-order chi connectivity index (χ1) is 7.48. The molecule has 0 fully saturated rings. The molecule has 2 aromatic carbocycles. The lowest BCUT2D eigenvalue weighted by Gasteiger charge is -2.16. The fourth-order valence-electron chi connectivity index (χ4n) is 1.56. The summed E-state index contributed by atoms with van der Waals surface area (Å²) in [6.07, 6.45) is 1.20. The summed E-state index contributed by atoms with van der Waals surface area (Å²) < 4.78 is 24.1. The van der Waals surface area contributed by atoms with Crippen molar-refractivity contribution >= 4 is 26.5 Å².